The number of carbonyl (C=O) groups is 1. The first kappa shape index (κ1) is 16.4. The van der Waals surface area contributed by atoms with E-state index in [2.05, 4.69) is 10.3 Å². The summed E-state index contributed by atoms with van der Waals surface area (Å²) in [6, 6.07) is 13.8. The van der Waals surface area contributed by atoms with Crippen LogP contribution >= 0.6 is 0 Å². The molecule has 0 fully saturated rings. The van der Waals surface area contributed by atoms with E-state index in [9.17, 15) is 14.7 Å². The summed E-state index contributed by atoms with van der Waals surface area (Å²) in [5.41, 5.74) is 1.18. The first-order valence-electron chi connectivity index (χ1n) is 7.75. The SMILES string of the molecule is Cc1cc(O)c(C(=O)Nc2ccccc2)c(=O)n1Cc1ccncc1. The molecule has 0 unspecified atom stereocenters. The van der Waals surface area contributed by atoms with E-state index in [1.165, 1.54) is 10.6 Å². The number of nitrogens with zero attached hydrogens (tertiary/aromatic N) is 2. The molecule has 0 aliphatic rings. The number of rotatable bonds is 4. The Labute approximate surface area is 144 Å². The molecular formula is C19H17N3O3. The summed E-state index contributed by atoms with van der Waals surface area (Å²) in [6.45, 7) is 2.00. The second kappa shape index (κ2) is 7.00. The summed E-state index contributed by atoms with van der Waals surface area (Å²) in [5, 5.41) is 12.8. The maximum Gasteiger partial charge on any atom is 0.267 e. The number of aryl methyl sites for hydroxylation is 1. The maximum atomic E-state index is 12.8. The highest BCUT2D eigenvalue weighted by molar-refractivity contribution is 6.05. The summed E-state index contributed by atoms with van der Waals surface area (Å²) in [4.78, 5) is 29.2. The topological polar surface area (TPSA) is 84.2 Å². The monoisotopic (exact) mass is 335 g/mol. The third-order valence-corrected chi connectivity index (χ3v) is 3.84. The highest BCUT2D eigenvalue weighted by atomic mass is 16.3. The summed E-state index contributed by atoms with van der Waals surface area (Å²) in [7, 11) is 0. The standard InChI is InChI=1S/C19H17N3O3/c1-13-11-16(23)17(18(24)21-15-5-3-2-4-6-15)19(25)22(13)12-14-7-9-20-10-8-14/h2-11,23H,12H2,1H3,(H,21,24). The van der Waals surface area contributed by atoms with Crippen LogP contribution in [0.4, 0.5) is 5.69 Å². The van der Waals surface area contributed by atoms with Crippen LogP contribution in [-0.2, 0) is 6.54 Å². The van der Waals surface area contributed by atoms with Crippen molar-refractivity contribution in [2.75, 3.05) is 5.32 Å². The molecule has 6 heteroatoms. The molecule has 0 spiro atoms. The molecule has 126 valence electrons. The van der Waals surface area contributed by atoms with E-state index in [4.69, 9.17) is 0 Å². The van der Waals surface area contributed by atoms with Crippen LogP contribution < -0.4 is 10.9 Å². The Morgan fingerprint density at radius 2 is 1.84 bits per heavy atom. The Balaban J connectivity index is 1.98. The number of nitrogens with one attached hydrogen (secondary N) is 1. The number of amides is 1. The highest BCUT2D eigenvalue weighted by Crippen LogP contribution is 2.17. The molecule has 25 heavy (non-hydrogen) atoms. The molecule has 2 aromatic heterocycles. The Morgan fingerprint density at radius 3 is 2.52 bits per heavy atom. The average molecular weight is 335 g/mol. The van der Waals surface area contributed by atoms with E-state index in [-0.39, 0.29) is 11.3 Å². The summed E-state index contributed by atoms with van der Waals surface area (Å²) in [6.07, 6.45) is 3.28. The Kier molecular flexibility index (Phi) is 4.61. The fourth-order valence-electron chi connectivity index (χ4n) is 2.55. The van der Waals surface area contributed by atoms with Gasteiger partial charge in [-0.2, -0.15) is 0 Å². The van der Waals surface area contributed by atoms with Gasteiger partial charge in [-0.25, -0.2) is 0 Å². The zero-order valence-corrected chi connectivity index (χ0v) is 13.6. The van der Waals surface area contributed by atoms with Crippen LogP contribution in [0.3, 0.4) is 0 Å². The van der Waals surface area contributed by atoms with Crippen LogP contribution in [0, 0.1) is 6.92 Å². The first-order valence-corrected chi connectivity index (χ1v) is 7.75. The van der Waals surface area contributed by atoms with Crippen LogP contribution in [-0.4, -0.2) is 20.6 Å². The lowest BCUT2D eigenvalue weighted by Crippen LogP contribution is -2.31. The van der Waals surface area contributed by atoms with Gasteiger partial charge in [0, 0.05) is 29.8 Å². The second-order valence-electron chi connectivity index (χ2n) is 5.61. The molecule has 0 aliphatic carbocycles. The molecule has 0 bridgehead atoms. The van der Waals surface area contributed by atoms with Gasteiger partial charge in [-0.3, -0.25) is 14.6 Å². The van der Waals surface area contributed by atoms with Crippen molar-refractivity contribution in [2.24, 2.45) is 0 Å². The fourth-order valence-corrected chi connectivity index (χ4v) is 2.55. The number of para-hydroxylation sites is 1. The number of carbonyl (C=O) groups excluding carboxylic acids is 1. The van der Waals surface area contributed by atoms with Crippen molar-refractivity contribution in [3.63, 3.8) is 0 Å². The van der Waals surface area contributed by atoms with E-state index in [1.807, 2.05) is 6.07 Å². The number of hydrogen-bond acceptors (Lipinski definition) is 4. The molecule has 2 heterocycles. The minimum atomic E-state index is -0.642. The van der Waals surface area contributed by atoms with Crippen LogP contribution in [0.15, 0.2) is 65.7 Å². The van der Waals surface area contributed by atoms with Gasteiger partial charge in [-0.1, -0.05) is 18.2 Å². The lowest BCUT2D eigenvalue weighted by Gasteiger charge is -2.14. The third kappa shape index (κ3) is 3.58. The first-order chi connectivity index (χ1) is 12.1. The predicted molar refractivity (Wildman–Crippen MR) is 94.8 cm³/mol. The Bertz CT molecular complexity index is 951. The number of hydrogen-bond donors (Lipinski definition) is 2. The van der Waals surface area contributed by atoms with E-state index in [0.717, 1.165) is 5.56 Å². The van der Waals surface area contributed by atoms with Gasteiger partial charge >= 0.3 is 0 Å². The van der Waals surface area contributed by atoms with Crippen molar-refractivity contribution in [1.29, 1.82) is 0 Å². The molecule has 2 N–H and O–H groups in total. The van der Waals surface area contributed by atoms with Crippen molar-refractivity contribution >= 4 is 11.6 Å². The van der Waals surface area contributed by atoms with Gasteiger partial charge in [0.15, 0.2) is 0 Å². The van der Waals surface area contributed by atoms with Gasteiger partial charge in [-0.15, -0.1) is 0 Å². The van der Waals surface area contributed by atoms with E-state index in [1.54, 1.807) is 55.7 Å². The lowest BCUT2D eigenvalue weighted by atomic mass is 10.1. The van der Waals surface area contributed by atoms with Crippen molar-refractivity contribution in [1.82, 2.24) is 9.55 Å². The molecule has 0 saturated heterocycles. The molecule has 0 radical (unpaired) electrons. The molecular weight excluding hydrogens is 318 g/mol. The van der Waals surface area contributed by atoms with Crippen molar-refractivity contribution < 1.29 is 9.90 Å². The van der Waals surface area contributed by atoms with Gasteiger partial charge in [0.1, 0.15) is 11.3 Å². The lowest BCUT2D eigenvalue weighted by molar-refractivity contribution is 0.102. The molecule has 0 aliphatic heterocycles. The largest absolute Gasteiger partial charge is 0.507 e. The molecule has 6 nitrogen and oxygen atoms in total. The summed E-state index contributed by atoms with van der Waals surface area (Å²) in [5.74, 6) is -0.973. The number of benzene rings is 1. The Morgan fingerprint density at radius 1 is 1.16 bits per heavy atom. The zero-order chi connectivity index (χ0) is 17.8. The van der Waals surface area contributed by atoms with Gasteiger partial charge in [-0.05, 0) is 36.8 Å². The number of anilines is 1. The molecule has 3 rings (SSSR count). The van der Waals surface area contributed by atoms with Gasteiger partial charge in [0.25, 0.3) is 11.5 Å². The van der Waals surface area contributed by atoms with Gasteiger partial charge in [0.05, 0.1) is 6.54 Å². The van der Waals surface area contributed by atoms with Crippen LogP contribution in [0.5, 0.6) is 5.75 Å². The smallest absolute Gasteiger partial charge is 0.267 e. The molecule has 1 aromatic carbocycles. The van der Waals surface area contributed by atoms with E-state index < -0.39 is 11.5 Å². The van der Waals surface area contributed by atoms with Crippen molar-refractivity contribution in [3.05, 3.63) is 88.1 Å². The normalized spacial score (nSPS) is 10.4. The van der Waals surface area contributed by atoms with Crippen molar-refractivity contribution in [3.8, 4) is 5.75 Å². The molecule has 0 saturated carbocycles. The number of aromatic nitrogens is 2. The molecule has 0 atom stereocenters. The minimum Gasteiger partial charge on any atom is -0.507 e. The maximum absolute atomic E-state index is 12.8. The number of aromatic hydroxyl groups is 1. The van der Waals surface area contributed by atoms with Crippen molar-refractivity contribution in [2.45, 2.75) is 13.5 Å². The fraction of sp³-hybridized carbons (Fsp3) is 0.105. The van der Waals surface area contributed by atoms with Crippen LogP contribution in [0.1, 0.15) is 21.6 Å². The van der Waals surface area contributed by atoms with Crippen LogP contribution in [0.25, 0.3) is 0 Å². The Hall–Kier alpha value is -3.41. The second-order valence-corrected chi connectivity index (χ2v) is 5.61. The number of pyridine rings is 2. The van der Waals surface area contributed by atoms with E-state index in [0.29, 0.717) is 17.9 Å². The van der Waals surface area contributed by atoms with Gasteiger partial charge < -0.3 is 15.0 Å². The molecule has 1 amide bonds. The average Bonchev–Trinajstić information content (AvgIpc) is 2.60. The quantitative estimate of drug-likeness (QED) is 0.767. The molecule has 3 aromatic rings. The van der Waals surface area contributed by atoms with Gasteiger partial charge in [0.2, 0.25) is 0 Å². The zero-order valence-electron chi connectivity index (χ0n) is 13.6. The highest BCUT2D eigenvalue weighted by Gasteiger charge is 2.20. The summed E-state index contributed by atoms with van der Waals surface area (Å²) < 4.78 is 1.45. The van der Waals surface area contributed by atoms with E-state index >= 15 is 0 Å². The predicted octanol–water partition coefficient (Wildman–Crippen LogP) is 2.56. The third-order valence-electron chi connectivity index (χ3n) is 3.84. The summed E-state index contributed by atoms with van der Waals surface area (Å²) >= 11 is 0. The van der Waals surface area contributed by atoms with Crippen LogP contribution in [0.2, 0.25) is 0 Å². The minimum absolute atomic E-state index is 0.275.